The van der Waals surface area contributed by atoms with Crippen molar-refractivity contribution in [2.75, 3.05) is 54.1 Å². The van der Waals surface area contributed by atoms with Crippen LogP contribution in [0.2, 0.25) is 10.0 Å². The molecular weight excluding hydrogens is 721 g/mol. The van der Waals surface area contributed by atoms with Crippen LogP contribution >= 0.6 is 23.2 Å². The lowest BCUT2D eigenvalue weighted by Gasteiger charge is -2.37. The van der Waals surface area contributed by atoms with Crippen LogP contribution in [0.4, 0.5) is 21.9 Å². The molecule has 3 aliphatic heterocycles. The van der Waals surface area contributed by atoms with Gasteiger partial charge in [-0.2, -0.15) is 5.10 Å². The van der Waals surface area contributed by atoms with Gasteiger partial charge in [-0.05, 0) is 74.5 Å². The number of imide groups is 2. The first-order chi connectivity index (χ1) is 25.4. The third-order valence-electron chi connectivity index (χ3n) is 9.81. The zero-order valence-corrected chi connectivity index (χ0v) is 31.5. The molecule has 278 valence electrons. The minimum absolute atomic E-state index is 0.248. The molecule has 4 heterocycles. The first-order valence-electron chi connectivity index (χ1n) is 17.5. The molecular formula is C38H41Cl2N7O6. The predicted molar refractivity (Wildman–Crippen MR) is 200 cm³/mol. The molecule has 3 aromatic carbocycles. The highest BCUT2D eigenvalue weighted by molar-refractivity contribution is 6.35. The average Bonchev–Trinajstić information content (AvgIpc) is 3.85. The Kier molecular flexibility index (Phi) is 10.1. The number of anilines is 3. The van der Waals surface area contributed by atoms with Gasteiger partial charge in [0, 0.05) is 54.1 Å². The van der Waals surface area contributed by atoms with Gasteiger partial charge in [0.15, 0.2) is 0 Å². The molecule has 0 N–H and O–H groups in total. The Morgan fingerprint density at radius 1 is 0.925 bits per heavy atom. The Hall–Kier alpha value is -4.69. The van der Waals surface area contributed by atoms with Crippen LogP contribution in [-0.2, 0) is 31.4 Å². The van der Waals surface area contributed by atoms with E-state index in [0.29, 0.717) is 33.7 Å². The third-order valence-corrected chi connectivity index (χ3v) is 10.4. The van der Waals surface area contributed by atoms with Crippen molar-refractivity contribution in [3.63, 3.8) is 0 Å². The van der Waals surface area contributed by atoms with Gasteiger partial charge >= 0.3 is 6.03 Å². The van der Waals surface area contributed by atoms with Gasteiger partial charge in [0.1, 0.15) is 43.2 Å². The Labute approximate surface area is 317 Å². The molecule has 3 aliphatic rings. The van der Waals surface area contributed by atoms with Crippen LogP contribution in [0.15, 0.2) is 79.4 Å². The molecule has 13 nitrogen and oxygen atoms in total. The smallest absolute Gasteiger partial charge is 0.339 e. The molecule has 2 atom stereocenters. The Bertz CT molecular complexity index is 1970. The third kappa shape index (κ3) is 7.18. The van der Waals surface area contributed by atoms with E-state index in [2.05, 4.69) is 19.9 Å². The molecule has 0 bridgehead atoms. The van der Waals surface area contributed by atoms with Crippen molar-refractivity contribution in [2.45, 2.75) is 51.7 Å². The number of aromatic nitrogens is 3. The number of nitrogens with zero attached hydrogens (tertiary/aromatic N) is 7. The highest BCUT2D eigenvalue weighted by Gasteiger charge is 2.55. The number of amides is 4. The summed E-state index contributed by atoms with van der Waals surface area (Å²) < 4.78 is 20.5. The van der Waals surface area contributed by atoms with E-state index in [1.165, 1.54) is 6.33 Å². The van der Waals surface area contributed by atoms with Crippen molar-refractivity contribution in [2.24, 2.45) is 5.92 Å². The molecule has 7 rings (SSSR count). The lowest BCUT2D eigenvalue weighted by Crippen LogP contribution is -2.49. The summed E-state index contributed by atoms with van der Waals surface area (Å²) in [6.07, 6.45) is 2.68. The second kappa shape index (κ2) is 14.6. The van der Waals surface area contributed by atoms with Gasteiger partial charge in [-0.15, -0.1) is 0 Å². The number of rotatable bonds is 10. The van der Waals surface area contributed by atoms with Crippen molar-refractivity contribution >= 4 is 58.1 Å². The van der Waals surface area contributed by atoms with Crippen LogP contribution in [-0.4, -0.2) is 88.5 Å². The first-order valence-corrected chi connectivity index (χ1v) is 18.3. The van der Waals surface area contributed by atoms with Gasteiger partial charge in [-0.1, -0.05) is 43.1 Å². The molecule has 4 aromatic rings. The predicted octanol–water partition coefficient (Wildman–Crippen LogP) is 5.99. The van der Waals surface area contributed by atoms with E-state index in [1.807, 2.05) is 36.4 Å². The quantitative estimate of drug-likeness (QED) is 0.178. The molecule has 1 aromatic heterocycles. The number of carbonyl (C=O) groups excluding carboxylic acids is 3. The molecule has 4 amide bonds. The van der Waals surface area contributed by atoms with Crippen LogP contribution < -0.4 is 19.4 Å². The standard InChI is InChI=1S/C38H41Cl2N7O6/c1-25(2)34(48)47-36(50)46(35(49)37(47,3)4)29-8-6-27(7-9-29)43-15-17-44(18-16-43)28-10-12-30(13-11-28)51-20-31-21-52-38(53-31,22-45-24-41-23-42-45)32-14-5-26(39)19-33(32)40/h5-14,19,23-25,31H,15-18,20-22H2,1-4H3. The fourth-order valence-electron chi connectivity index (χ4n) is 6.91. The maximum Gasteiger partial charge on any atom is 0.339 e. The van der Waals surface area contributed by atoms with Gasteiger partial charge in [0.05, 0.1) is 17.3 Å². The molecule has 0 radical (unpaired) electrons. The summed E-state index contributed by atoms with van der Waals surface area (Å²) in [5.41, 5.74) is 1.92. The minimum atomic E-state index is -1.25. The number of hydrogen-bond donors (Lipinski definition) is 0. The van der Waals surface area contributed by atoms with Crippen molar-refractivity contribution in [3.8, 4) is 5.75 Å². The second-order valence-corrected chi connectivity index (χ2v) is 15.0. The second-order valence-electron chi connectivity index (χ2n) is 14.1. The number of urea groups is 1. The number of ether oxygens (including phenoxy) is 3. The number of carbonyl (C=O) groups is 3. The molecule has 3 saturated heterocycles. The fourth-order valence-corrected chi connectivity index (χ4v) is 7.46. The topological polar surface area (TPSA) is 123 Å². The maximum absolute atomic E-state index is 13.3. The maximum atomic E-state index is 13.3. The van der Waals surface area contributed by atoms with Crippen LogP contribution in [0.1, 0.15) is 33.3 Å². The van der Waals surface area contributed by atoms with Crippen molar-refractivity contribution in [1.29, 1.82) is 0 Å². The van der Waals surface area contributed by atoms with Crippen molar-refractivity contribution < 1.29 is 28.6 Å². The Morgan fingerprint density at radius 3 is 2.13 bits per heavy atom. The number of hydrogen-bond acceptors (Lipinski definition) is 10. The van der Waals surface area contributed by atoms with Gasteiger partial charge in [0.2, 0.25) is 11.7 Å². The summed E-state index contributed by atoms with van der Waals surface area (Å²) >= 11 is 12.7. The van der Waals surface area contributed by atoms with Crippen molar-refractivity contribution in [3.05, 3.63) is 95.0 Å². The van der Waals surface area contributed by atoms with E-state index in [1.54, 1.807) is 69.0 Å². The molecule has 2 unspecified atom stereocenters. The summed E-state index contributed by atoms with van der Waals surface area (Å²) in [6, 6.07) is 20.0. The van der Waals surface area contributed by atoms with E-state index >= 15 is 0 Å². The molecule has 0 aliphatic carbocycles. The summed E-state index contributed by atoms with van der Waals surface area (Å²) in [4.78, 5) is 50.1. The van der Waals surface area contributed by atoms with E-state index < -0.39 is 29.2 Å². The average molecular weight is 763 g/mol. The Morgan fingerprint density at radius 2 is 1.55 bits per heavy atom. The summed E-state index contributed by atoms with van der Waals surface area (Å²) in [5.74, 6) is -1.67. The zero-order chi connectivity index (χ0) is 37.5. The van der Waals surface area contributed by atoms with Gasteiger partial charge in [-0.25, -0.2) is 24.3 Å². The number of benzene rings is 3. The monoisotopic (exact) mass is 761 g/mol. The van der Waals surface area contributed by atoms with Gasteiger partial charge in [0.25, 0.3) is 5.91 Å². The molecule has 3 fully saturated rings. The zero-order valence-electron chi connectivity index (χ0n) is 29.9. The van der Waals surface area contributed by atoms with E-state index in [0.717, 1.165) is 47.4 Å². The van der Waals surface area contributed by atoms with Gasteiger partial charge in [-0.3, -0.25) is 9.59 Å². The lowest BCUT2D eigenvalue weighted by molar-refractivity contribution is -0.190. The first kappa shape index (κ1) is 36.7. The number of halogens is 2. The van der Waals surface area contributed by atoms with Crippen LogP contribution in [0.3, 0.4) is 0 Å². The Balaban J connectivity index is 0.927. The summed E-state index contributed by atoms with van der Waals surface area (Å²) in [5, 5.41) is 5.17. The van der Waals surface area contributed by atoms with E-state index in [-0.39, 0.29) is 25.2 Å². The molecule has 0 saturated carbocycles. The molecule has 0 spiro atoms. The van der Waals surface area contributed by atoms with Crippen LogP contribution in [0.5, 0.6) is 5.75 Å². The highest BCUT2D eigenvalue weighted by atomic mass is 35.5. The highest BCUT2D eigenvalue weighted by Crippen LogP contribution is 2.41. The summed E-state index contributed by atoms with van der Waals surface area (Å²) in [7, 11) is 0. The molecule has 15 heteroatoms. The minimum Gasteiger partial charge on any atom is -0.491 e. The van der Waals surface area contributed by atoms with Gasteiger partial charge < -0.3 is 24.0 Å². The summed E-state index contributed by atoms with van der Waals surface area (Å²) in [6.45, 7) is 10.6. The molecule has 53 heavy (non-hydrogen) atoms. The number of piperazine rings is 1. The van der Waals surface area contributed by atoms with Crippen LogP contribution in [0.25, 0.3) is 0 Å². The normalized spacial score (nSPS) is 21.6. The largest absolute Gasteiger partial charge is 0.491 e. The lowest BCUT2D eigenvalue weighted by atomic mass is 10.0. The van der Waals surface area contributed by atoms with E-state index in [9.17, 15) is 14.4 Å². The fraction of sp³-hybridized carbons (Fsp3) is 0.395. The SMILES string of the molecule is CC(C)C(=O)N1C(=O)N(c2ccc(N3CCN(c4ccc(OCC5COC(Cn6cncn6)(c6ccc(Cl)cc6Cl)O5)cc4)CC3)cc2)C(=O)C1(C)C. The van der Waals surface area contributed by atoms with Crippen molar-refractivity contribution in [1.82, 2.24) is 19.7 Å². The van der Waals surface area contributed by atoms with E-state index in [4.69, 9.17) is 37.4 Å². The van der Waals surface area contributed by atoms with Crippen LogP contribution in [0, 0.1) is 5.92 Å².